The minimum absolute atomic E-state index is 0.106. The van der Waals surface area contributed by atoms with Crippen molar-refractivity contribution >= 4 is 5.91 Å². The molecular formula is C9H15NO. The second-order valence-electron chi connectivity index (χ2n) is 3.04. The molecule has 0 saturated heterocycles. The lowest BCUT2D eigenvalue weighted by molar-refractivity contribution is -0.117. The van der Waals surface area contributed by atoms with E-state index in [9.17, 15) is 4.79 Å². The fourth-order valence-corrected chi connectivity index (χ4v) is 0.926. The Morgan fingerprint density at radius 3 is 2.73 bits per heavy atom. The van der Waals surface area contributed by atoms with Crippen LogP contribution in [0.5, 0.6) is 0 Å². The van der Waals surface area contributed by atoms with Crippen LogP contribution in [-0.4, -0.2) is 11.9 Å². The monoisotopic (exact) mass is 153 g/mol. The molecule has 2 heteroatoms. The molecule has 0 aliphatic heterocycles. The Hall–Kier alpha value is -0.790. The van der Waals surface area contributed by atoms with Gasteiger partial charge >= 0.3 is 0 Å². The van der Waals surface area contributed by atoms with E-state index in [0.717, 1.165) is 24.8 Å². The third-order valence-corrected chi connectivity index (χ3v) is 1.78. The summed E-state index contributed by atoms with van der Waals surface area (Å²) in [4.78, 5) is 11.2. The fraction of sp³-hybridized carbons (Fsp3) is 0.667. The molecular weight excluding hydrogens is 138 g/mol. The summed E-state index contributed by atoms with van der Waals surface area (Å²) in [7, 11) is 0. The van der Waals surface area contributed by atoms with Crippen LogP contribution >= 0.6 is 0 Å². The van der Waals surface area contributed by atoms with Gasteiger partial charge in [0.2, 0.25) is 5.91 Å². The van der Waals surface area contributed by atoms with Gasteiger partial charge in [-0.3, -0.25) is 4.79 Å². The number of amides is 1. The first-order chi connectivity index (χ1) is 5.24. The summed E-state index contributed by atoms with van der Waals surface area (Å²) in [5, 5.41) is 2.93. The molecule has 0 spiro atoms. The van der Waals surface area contributed by atoms with Crippen molar-refractivity contribution in [1.29, 1.82) is 0 Å². The maximum atomic E-state index is 11.2. The van der Waals surface area contributed by atoms with Crippen LogP contribution in [0.4, 0.5) is 0 Å². The van der Waals surface area contributed by atoms with E-state index >= 15 is 0 Å². The van der Waals surface area contributed by atoms with Crippen molar-refractivity contribution < 1.29 is 4.79 Å². The van der Waals surface area contributed by atoms with E-state index < -0.39 is 0 Å². The first kappa shape index (κ1) is 8.31. The highest BCUT2D eigenvalue weighted by molar-refractivity contribution is 5.93. The molecule has 0 aromatic rings. The van der Waals surface area contributed by atoms with E-state index in [0.29, 0.717) is 6.04 Å². The Kier molecular flexibility index (Phi) is 2.69. The molecule has 0 aromatic heterocycles. The van der Waals surface area contributed by atoms with Crippen molar-refractivity contribution in [1.82, 2.24) is 5.32 Å². The summed E-state index contributed by atoms with van der Waals surface area (Å²) in [6.07, 6.45) is 5.21. The van der Waals surface area contributed by atoms with E-state index in [1.54, 1.807) is 0 Å². The second-order valence-corrected chi connectivity index (χ2v) is 3.04. The first-order valence-electron chi connectivity index (χ1n) is 4.21. The first-order valence-corrected chi connectivity index (χ1v) is 4.21. The van der Waals surface area contributed by atoms with Crippen LogP contribution in [0, 0.1) is 0 Å². The molecule has 0 unspecified atom stereocenters. The van der Waals surface area contributed by atoms with Crippen LogP contribution in [0.15, 0.2) is 11.6 Å². The number of nitrogens with one attached hydrogen (secondary N) is 1. The Bertz CT molecular complexity index is 180. The van der Waals surface area contributed by atoms with Gasteiger partial charge in [-0.1, -0.05) is 13.0 Å². The minimum Gasteiger partial charge on any atom is -0.350 e. The molecule has 1 amide bonds. The highest BCUT2D eigenvalue weighted by Gasteiger charge is 2.23. The number of hydrogen-bond acceptors (Lipinski definition) is 1. The third kappa shape index (κ3) is 2.74. The second kappa shape index (κ2) is 3.56. The zero-order chi connectivity index (χ0) is 8.27. The zero-order valence-electron chi connectivity index (χ0n) is 7.18. The van der Waals surface area contributed by atoms with E-state index in [4.69, 9.17) is 0 Å². The van der Waals surface area contributed by atoms with Crippen molar-refractivity contribution in [2.45, 2.75) is 39.2 Å². The summed E-state index contributed by atoms with van der Waals surface area (Å²) >= 11 is 0. The van der Waals surface area contributed by atoms with Gasteiger partial charge in [0.1, 0.15) is 0 Å². The standard InChI is InChI=1S/C9H15NO/c1-3-4-7(2)9(11)10-8-5-6-8/h4,8H,3,5-6H2,1-2H3,(H,10,11)/b7-4-. The average Bonchev–Trinajstić information content (AvgIpc) is 2.72. The van der Waals surface area contributed by atoms with Gasteiger partial charge in [0.15, 0.2) is 0 Å². The molecule has 1 fully saturated rings. The molecule has 0 bridgehead atoms. The molecule has 1 aliphatic rings. The molecule has 0 aromatic carbocycles. The van der Waals surface area contributed by atoms with Crippen LogP contribution in [0.2, 0.25) is 0 Å². The van der Waals surface area contributed by atoms with Gasteiger partial charge in [0, 0.05) is 11.6 Å². The average molecular weight is 153 g/mol. The number of carbonyl (C=O) groups excluding carboxylic acids is 1. The molecule has 1 saturated carbocycles. The highest BCUT2D eigenvalue weighted by atomic mass is 16.1. The fourth-order valence-electron chi connectivity index (χ4n) is 0.926. The minimum atomic E-state index is 0.106. The lowest BCUT2D eigenvalue weighted by Gasteiger charge is -2.01. The number of rotatable bonds is 3. The van der Waals surface area contributed by atoms with E-state index in [1.807, 2.05) is 19.9 Å². The molecule has 11 heavy (non-hydrogen) atoms. The van der Waals surface area contributed by atoms with Gasteiger partial charge in [-0.2, -0.15) is 0 Å². The summed E-state index contributed by atoms with van der Waals surface area (Å²) in [5.41, 5.74) is 0.847. The highest BCUT2D eigenvalue weighted by Crippen LogP contribution is 2.18. The Balaban J connectivity index is 2.32. The zero-order valence-corrected chi connectivity index (χ0v) is 7.18. The quantitative estimate of drug-likeness (QED) is 0.613. The van der Waals surface area contributed by atoms with E-state index in [2.05, 4.69) is 5.32 Å². The molecule has 1 N–H and O–H groups in total. The van der Waals surface area contributed by atoms with Gasteiger partial charge in [-0.05, 0) is 26.2 Å². The summed E-state index contributed by atoms with van der Waals surface area (Å²) in [5.74, 6) is 0.106. The smallest absolute Gasteiger partial charge is 0.246 e. The van der Waals surface area contributed by atoms with E-state index in [-0.39, 0.29) is 5.91 Å². The molecule has 0 heterocycles. The van der Waals surface area contributed by atoms with Gasteiger partial charge in [-0.15, -0.1) is 0 Å². The maximum absolute atomic E-state index is 11.2. The van der Waals surface area contributed by atoms with Crippen LogP contribution in [0.25, 0.3) is 0 Å². The number of carbonyl (C=O) groups is 1. The lowest BCUT2D eigenvalue weighted by Crippen LogP contribution is -2.25. The molecule has 1 rings (SSSR count). The third-order valence-electron chi connectivity index (χ3n) is 1.78. The van der Waals surface area contributed by atoms with Crippen LogP contribution in [-0.2, 0) is 4.79 Å². The van der Waals surface area contributed by atoms with Crippen molar-refractivity contribution in [3.63, 3.8) is 0 Å². The molecule has 2 nitrogen and oxygen atoms in total. The predicted molar refractivity (Wildman–Crippen MR) is 45.2 cm³/mol. The molecule has 0 atom stereocenters. The lowest BCUT2D eigenvalue weighted by atomic mass is 10.2. The van der Waals surface area contributed by atoms with Crippen LogP contribution in [0.3, 0.4) is 0 Å². The summed E-state index contributed by atoms with van der Waals surface area (Å²) in [6, 6.07) is 0.475. The van der Waals surface area contributed by atoms with Gasteiger partial charge in [-0.25, -0.2) is 0 Å². The number of allylic oxidation sites excluding steroid dienone is 1. The Morgan fingerprint density at radius 2 is 2.27 bits per heavy atom. The van der Waals surface area contributed by atoms with Gasteiger partial charge < -0.3 is 5.32 Å². The Morgan fingerprint density at radius 1 is 1.64 bits per heavy atom. The van der Waals surface area contributed by atoms with Gasteiger partial charge in [0.25, 0.3) is 0 Å². The van der Waals surface area contributed by atoms with Crippen molar-refractivity contribution in [2.75, 3.05) is 0 Å². The van der Waals surface area contributed by atoms with Gasteiger partial charge in [0.05, 0.1) is 0 Å². The van der Waals surface area contributed by atoms with Crippen molar-refractivity contribution in [3.05, 3.63) is 11.6 Å². The predicted octanol–water partition coefficient (Wildman–Crippen LogP) is 1.62. The molecule has 0 radical (unpaired) electrons. The molecule has 1 aliphatic carbocycles. The largest absolute Gasteiger partial charge is 0.350 e. The summed E-state index contributed by atoms with van der Waals surface area (Å²) in [6.45, 7) is 3.90. The van der Waals surface area contributed by atoms with Crippen LogP contribution < -0.4 is 5.32 Å². The summed E-state index contributed by atoms with van der Waals surface area (Å²) < 4.78 is 0. The Labute approximate surface area is 67.7 Å². The van der Waals surface area contributed by atoms with Crippen molar-refractivity contribution in [2.24, 2.45) is 0 Å². The SMILES string of the molecule is CC/C=C(/C)C(=O)NC1CC1. The van der Waals surface area contributed by atoms with E-state index in [1.165, 1.54) is 0 Å². The molecule has 62 valence electrons. The maximum Gasteiger partial charge on any atom is 0.246 e. The normalized spacial score (nSPS) is 18.2. The van der Waals surface area contributed by atoms with Crippen molar-refractivity contribution in [3.8, 4) is 0 Å². The topological polar surface area (TPSA) is 29.1 Å². The van der Waals surface area contributed by atoms with Crippen LogP contribution in [0.1, 0.15) is 33.1 Å². The number of hydrogen-bond donors (Lipinski definition) is 1.